The Balaban J connectivity index is 1.82. The van der Waals surface area contributed by atoms with Gasteiger partial charge in [0.25, 0.3) is 10.0 Å². The Morgan fingerprint density at radius 2 is 1.41 bits per heavy atom. The van der Waals surface area contributed by atoms with Gasteiger partial charge in [0, 0.05) is 0 Å². The number of benzene rings is 3. The van der Waals surface area contributed by atoms with Gasteiger partial charge in [-0.25, -0.2) is 0 Å². The number of sulfonamides is 1. The fourth-order valence-corrected chi connectivity index (χ4v) is 3.25. The number of para-hydroxylation sites is 2. The first-order valence-electron chi connectivity index (χ1n) is 8.86. The number of amidine groups is 1. The second-order valence-electron chi connectivity index (χ2n) is 6.12. The lowest BCUT2D eigenvalue weighted by molar-refractivity contribution is 0.598. The van der Waals surface area contributed by atoms with E-state index in [2.05, 4.69) is 25.8 Å². The van der Waals surface area contributed by atoms with Crippen molar-refractivity contribution in [3.63, 3.8) is 0 Å². The van der Waals surface area contributed by atoms with E-state index in [-0.39, 0.29) is 10.7 Å². The molecule has 0 aliphatic carbocycles. The molecule has 0 spiro atoms. The largest absolute Gasteiger partial charge is 0.300 e. The summed E-state index contributed by atoms with van der Waals surface area (Å²) in [6, 6.07) is 25.1. The molecule has 0 atom stereocenters. The molecule has 3 aromatic carbocycles. The van der Waals surface area contributed by atoms with Crippen LogP contribution in [-0.2, 0) is 10.0 Å². The second kappa shape index (κ2) is 9.52. The lowest BCUT2D eigenvalue weighted by Gasteiger charge is -2.09. The summed E-state index contributed by atoms with van der Waals surface area (Å²) in [5.74, 6) is 0.0258. The van der Waals surface area contributed by atoms with Gasteiger partial charge in [0.1, 0.15) is 0 Å². The van der Waals surface area contributed by atoms with Crippen LogP contribution < -0.4 is 16.3 Å². The van der Waals surface area contributed by atoms with Gasteiger partial charge in [0.15, 0.2) is 5.84 Å². The molecular formula is C21H21N5O2S. The third kappa shape index (κ3) is 6.18. The highest BCUT2D eigenvalue weighted by Gasteiger charge is 2.13. The Hall–Kier alpha value is -3.65. The molecule has 3 rings (SSSR count). The summed E-state index contributed by atoms with van der Waals surface area (Å²) in [6.07, 6.45) is 1.30. The lowest BCUT2D eigenvalue weighted by atomic mass is 10.2. The minimum atomic E-state index is -3.91. The maximum Gasteiger partial charge on any atom is 0.284 e. The molecule has 0 fully saturated rings. The van der Waals surface area contributed by atoms with E-state index in [9.17, 15) is 8.42 Å². The van der Waals surface area contributed by atoms with Crippen molar-refractivity contribution < 1.29 is 8.42 Å². The predicted molar refractivity (Wildman–Crippen MR) is 118 cm³/mol. The van der Waals surface area contributed by atoms with Crippen molar-refractivity contribution >= 4 is 33.4 Å². The number of hydrogen-bond acceptors (Lipinski definition) is 5. The van der Waals surface area contributed by atoms with Crippen molar-refractivity contribution in [1.29, 1.82) is 0 Å². The maximum atomic E-state index is 12.7. The number of nitrogens with zero attached hydrogens (tertiary/aromatic N) is 2. The first-order valence-corrected chi connectivity index (χ1v) is 10.3. The molecule has 0 unspecified atom stereocenters. The highest BCUT2D eigenvalue weighted by molar-refractivity contribution is 7.90. The average molecular weight is 407 g/mol. The van der Waals surface area contributed by atoms with Crippen LogP contribution in [0.4, 0.5) is 11.4 Å². The van der Waals surface area contributed by atoms with Gasteiger partial charge in [-0.05, 0) is 43.3 Å². The highest BCUT2D eigenvalue weighted by atomic mass is 32.2. The van der Waals surface area contributed by atoms with Crippen molar-refractivity contribution in [1.82, 2.24) is 5.43 Å². The Labute approximate surface area is 170 Å². The van der Waals surface area contributed by atoms with Gasteiger partial charge >= 0.3 is 0 Å². The molecule has 0 radical (unpaired) electrons. The van der Waals surface area contributed by atoms with E-state index < -0.39 is 10.0 Å². The smallest absolute Gasteiger partial charge is 0.284 e. The van der Waals surface area contributed by atoms with E-state index in [0.29, 0.717) is 0 Å². The predicted octanol–water partition coefficient (Wildman–Crippen LogP) is 3.80. The van der Waals surface area contributed by atoms with Crippen LogP contribution in [0.25, 0.3) is 0 Å². The first kappa shape index (κ1) is 20.1. The van der Waals surface area contributed by atoms with Crippen LogP contribution in [-0.4, -0.2) is 20.5 Å². The summed E-state index contributed by atoms with van der Waals surface area (Å²) in [5.41, 5.74) is 11.0. The average Bonchev–Trinajstić information content (AvgIpc) is 2.73. The van der Waals surface area contributed by atoms with E-state index in [1.807, 2.05) is 67.6 Å². The maximum absolute atomic E-state index is 12.7. The molecule has 7 nitrogen and oxygen atoms in total. The molecule has 0 amide bonds. The fraction of sp³-hybridized carbons (Fsp3) is 0.0476. The number of aryl methyl sites for hydroxylation is 1. The van der Waals surface area contributed by atoms with Gasteiger partial charge < -0.3 is 0 Å². The molecule has 8 heteroatoms. The van der Waals surface area contributed by atoms with Gasteiger partial charge in [-0.1, -0.05) is 54.1 Å². The van der Waals surface area contributed by atoms with Gasteiger partial charge in [0.2, 0.25) is 0 Å². The molecule has 0 aliphatic heterocycles. The minimum absolute atomic E-state index is 0.0258. The monoisotopic (exact) mass is 407 g/mol. The summed E-state index contributed by atoms with van der Waals surface area (Å²) in [4.78, 5) is 0.103. The van der Waals surface area contributed by atoms with Gasteiger partial charge in [-0.3, -0.25) is 16.3 Å². The SMILES string of the molecule is Cc1ccc(S(=O)(=O)N=C(C=NNc2ccccc2)NNc2ccccc2)cc1. The van der Waals surface area contributed by atoms with Crippen molar-refractivity contribution in [2.45, 2.75) is 11.8 Å². The van der Waals surface area contributed by atoms with Crippen LogP contribution >= 0.6 is 0 Å². The van der Waals surface area contributed by atoms with Crippen LogP contribution in [0.1, 0.15) is 5.56 Å². The van der Waals surface area contributed by atoms with Crippen LogP contribution in [0.3, 0.4) is 0 Å². The summed E-state index contributed by atoms with van der Waals surface area (Å²) >= 11 is 0. The number of rotatable bonds is 7. The normalized spacial score (nSPS) is 12.0. The molecule has 0 bridgehead atoms. The summed E-state index contributed by atoms with van der Waals surface area (Å²) < 4.78 is 29.2. The zero-order chi connectivity index (χ0) is 20.5. The zero-order valence-corrected chi connectivity index (χ0v) is 16.6. The Morgan fingerprint density at radius 1 is 0.828 bits per heavy atom. The molecule has 148 valence electrons. The van der Waals surface area contributed by atoms with E-state index in [1.165, 1.54) is 18.3 Å². The van der Waals surface area contributed by atoms with E-state index in [4.69, 9.17) is 0 Å². The van der Waals surface area contributed by atoms with Crippen molar-refractivity contribution in [3.8, 4) is 0 Å². The van der Waals surface area contributed by atoms with Crippen LogP contribution in [0.5, 0.6) is 0 Å². The molecule has 0 saturated heterocycles. The fourth-order valence-electron chi connectivity index (χ4n) is 2.31. The molecule has 0 heterocycles. The minimum Gasteiger partial charge on any atom is -0.300 e. The number of hydrazine groups is 1. The van der Waals surface area contributed by atoms with Gasteiger partial charge in [-0.15, -0.1) is 4.40 Å². The third-order valence-electron chi connectivity index (χ3n) is 3.80. The standard InChI is InChI=1S/C21H21N5O2S/c1-17-12-14-20(15-13-17)29(27,28)26-21(25-24-19-10-6-3-7-11-19)16-22-23-18-8-4-2-5-9-18/h2-16,23-24H,1H3,(H,25,26). The third-order valence-corrected chi connectivity index (χ3v) is 5.11. The Kier molecular flexibility index (Phi) is 6.59. The van der Waals surface area contributed by atoms with E-state index >= 15 is 0 Å². The highest BCUT2D eigenvalue weighted by Crippen LogP contribution is 2.13. The summed E-state index contributed by atoms with van der Waals surface area (Å²) in [6.45, 7) is 1.89. The Bertz CT molecular complexity index is 1080. The summed E-state index contributed by atoms with van der Waals surface area (Å²) in [7, 11) is -3.91. The molecule has 29 heavy (non-hydrogen) atoms. The van der Waals surface area contributed by atoms with Crippen molar-refractivity contribution in [3.05, 3.63) is 90.5 Å². The molecule has 3 N–H and O–H groups in total. The summed E-state index contributed by atoms with van der Waals surface area (Å²) in [5, 5.41) is 4.07. The number of anilines is 2. The van der Waals surface area contributed by atoms with Gasteiger partial charge in [0.05, 0.1) is 22.5 Å². The number of hydrazone groups is 1. The molecule has 3 aromatic rings. The molecule has 0 aromatic heterocycles. The van der Waals surface area contributed by atoms with Crippen molar-refractivity contribution in [2.75, 3.05) is 10.9 Å². The molecular weight excluding hydrogens is 386 g/mol. The Morgan fingerprint density at radius 3 is 2.03 bits per heavy atom. The second-order valence-corrected chi connectivity index (χ2v) is 7.72. The van der Waals surface area contributed by atoms with E-state index in [1.54, 1.807) is 12.1 Å². The van der Waals surface area contributed by atoms with Crippen LogP contribution in [0.2, 0.25) is 0 Å². The molecule has 0 saturated carbocycles. The number of nitrogens with one attached hydrogen (secondary N) is 3. The first-order chi connectivity index (χ1) is 14.0. The van der Waals surface area contributed by atoms with Crippen LogP contribution in [0, 0.1) is 6.92 Å². The quantitative estimate of drug-likeness (QED) is 0.315. The number of hydrogen-bond donors (Lipinski definition) is 3. The van der Waals surface area contributed by atoms with Crippen molar-refractivity contribution in [2.24, 2.45) is 9.50 Å². The molecule has 0 aliphatic rings. The van der Waals surface area contributed by atoms with Gasteiger partial charge in [-0.2, -0.15) is 13.5 Å². The van der Waals surface area contributed by atoms with E-state index in [0.717, 1.165) is 16.9 Å². The zero-order valence-electron chi connectivity index (χ0n) is 15.8. The lowest BCUT2D eigenvalue weighted by Crippen LogP contribution is -2.31. The van der Waals surface area contributed by atoms with Crippen LogP contribution in [0.15, 0.2) is 99.3 Å². The topological polar surface area (TPSA) is 95.0 Å².